The second-order valence-electron chi connectivity index (χ2n) is 3.49. The lowest BCUT2D eigenvalue weighted by Crippen LogP contribution is -2.22. The molecule has 0 amide bonds. The summed E-state index contributed by atoms with van der Waals surface area (Å²) >= 11 is 0. The Morgan fingerprint density at radius 1 is 1.36 bits per heavy atom. The van der Waals surface area contributed by atoms with E-state index >= 15 is 0 Å². The van der Waals surface area contributed by atoms with Crippen LogP contribution in [0.2, 0.25) is 0 Å². The van der Waals surface area contributed by atoms with Gasteiger partial charge in [-0.3, -0.25) is 4.90 Å². The number of benzene rings is 1. The smallest absolute Gasteiger partial charge is 0.123 e. The van der Waals surface area contributed by atoms with Gasteiger partial charge in [0.25, 0.3) is 0 Å². The van der Waals surface area contributed by atoms with Gasteiger partial charge in [0.05, 0.1) is 7.11 Å². The highest BCUT2D eigenvalue weighted by molar-refractivity contribution is 5.35. The molecule has 0 fully saturated rings. The molecule has 0 aliphatic carbocycles. The molecular weight excluding hydrogens is 174 g/mol. The van der Waals surface area contributed by atoms with Gasteiger partial charge >= 0.3 is 0 Å². The first kappa shape index (κ1) is 11.1. The Labute approximate surface area is 86.5 Å². The van der Waals surface area contributed by atoms with E-state index in [0.717, 1.165) is 12.3 Å². The molecule has 0 heterocycles. The summed E-state index contributed by atoms with van der Waals surface area (Å²) in [5.41, 5.74) is 1.25. The highest BCUT2D eigenvalue weighted by Crippen LogP contribution is 2.27. The zero-order chi connectivity index (χ0) is 10.6. The summed E-state index contributed by atoms with van der Waals surface area (Å²) < 4.78 is 5.33. The van der Waals surface area contributed by atoms with E-state index in [9.17, 15) is 0 Å². The molecule has 0 aliphatic heterocycles. The van der Waals surface area contributed by atoms with Gasteiger partial charge in [-0.25, -0.2) is 0 Å². The second kappa shape index (κ2) is 5.01. The quantitative estimate of drug-likeness (QED) is 0.729. The summed E-state index contributed by atoms with van der Waals surface area (Å²) in [5, 5.41) is 0. The van der Waals surface area contributed by atoms with Gasteiger partial charge < -0.3 is 4.74 Å². The maximum absolute atomic E-state index is 5.33. The van der Waals surface area contributed by atoms with Crippen LogP contribution in [0, 0.1) is 0 Å². The zero-order valence-corrected chi connectivity index (χ0v) is 9.45. The lowest BCUT2D eigenvalue weighted by Gasteiger charge is -2.24. The fraction of sp³-hybridized carbons (Fsp3) is 0.500. The molecule has 1 atom stereocenters. The van der Waals surface area contributed by atoms with Crippen molar-refractivity contribution in [2.24, 2.45) is 0 Å². The van der Waals surface area contributed by atoms with Crippen molar-refractivity contribution in [3.8, 4) is 5.75 Å². The van der Waals surface area contributed by atoms with Crippen LogP contribution in [0.25, 0.3) is 0 Å². The van der Waals surface area contributed by atoms with Gasteiger partial charge in [-0.15, -0.1) is 0 Å². The van der Waals surface area contributed by atoms with E-state index in [0.29, 0.717) is 6.04 Å². The van der Waals surface area contributed by atoms with Gasteiger partial charge in [0.2, 0.25) is 0 Å². The van der Waals surface area contributed by atoms with E-state index in [4.69, 9.17) is 4.74 Å². The molecule has 0 aliphatic rings. The summed E-state index contributed by atoms with van der Waals surface area (Å²) in [4.78, 5) is 2.29. The first-order valence-electron chi connectivity index (χ1n) is 5.03. The molecule has 1 aromatic rings. The van der Waals surface area contributed by atoms with E-state index in [1.807, 2.05) is 12.1 Å². The number of ether oxygens (including phenoxy) is 1. The lowest BCUT2D eigenvalue weighted by atomic mass is 10.1. The van der Waals surface area contributed by atoms with Crippen molar-refractivity contribution >= 4 is 0 Å². The zero-order valence-electron chi connectivity index (χ0n) is 9.45. The maximum atomic E-state index is 5.33. The molecule has 0 bridgehead atoms. The summed E-state index contributed by atoms with van der Waals surface area (Å²) in [6.07, 6.45) is 0. The fourth-order valence-corrected chi connectivity index (χ4v) is 1.52. The molecular formula is C12H19NO. The van der Waals surface area contributed by atoms with Crippen molar-refractivity contribution in [1.82, 2.24) is 4.90 Å². The number of nitrogens with zero attached hydrogens (tertiary/aromatic N) is 1. The van der Waals surface area contributed by atoms with Crippen LogP contribution < -0.4 is 4.74 Å². The molecule has 2 heteroatoms. The molecule has 0 N–H and O–H groups in total. The highest BCUT2D eigenvalue weighted by Gasteiger charge is 2.13. The van der Waals surface area contributed by atoms with Crippen molar-refractivity contribution in [2.75, 3.05) is 20.7 Å². The third-order valence-electron chi connectivity index (χ3n) is 2.75. The Kier molecular flexibility index (Phi) is 3.96. The van der Waals surface area contributed by atoms with Gasteiger partial charge in [-0.2, -0.15) is 0 Å². The van der Waals surface area contributed by atoms with Gasteiger partial charge in [0, 0.05) is 11.6 Å². The van der Waals surface area contributed by atoms with E-state index < -0.39 is 0 Å². The van der Waals surface area contributed by atoms with Crippen LogP contribution in [0.3, 0.4) is 0 Å². The molecule has 0 unspecified atom stereocenters. The average Bonchev–Trinajstić information content (AvgIpc) is 2.26. The molecule has 1 rings (SSSR count). The number of methoxy groups -OCH3 is 1. The summed E-state index contributed by atoms with van der Waals surface area (Å²) in [6, 6.07) is 8.58. The lowest BCUT2D eigenvalue weighted by molar-refractivity contribution is 0.268. The van der Waals surface area contributed by atoms with E-state index in [1.165, 1.54) is 5.56 Å². The average molecular weight is 193 g/mol. The minimum Gasteiger partial charge on any atom is -0.496 e. The van der Waals surface area contributed by atoms with Crippen molar-refractivity contribution in [1.29, 1.82) is 0 Å². The third kappa shape index (κ3) is 2.26. The van der Waals surface area contributed by atoms with Crippen LogP contribution >= 0.6 is 0 Å². The molecule has 0 radical (unpaired) electrons. The first-order valence-corrected chi connectivity index (χ1v) is 5.03. The molecule has 78 valence electrons. The van der Waals surface area contributed by atoms with Crippen LogP contribution in [0.1, 0.15) is 25.5 Å². The van der Waals surface area contributed by atoms with Crippen molar-refractivity contribution in [3.05, 3.63) is 29.8 Å². The second-order valence-corrected chi connectivity index (χ2v) is 3.49. The van der Waals surface area contributed by atoms with E-state index in [-0.39, 0.29) is 0 Å². The van der Waals surface area contributed by atoms with E-state index in [1.54, 1.807) is 7.11 Å². The largest absolute Gasteiger partial charge is 0.496 e. The monoisotopic (exact) mass is 193 g/mol. The Morgan fingerprint density at radius 2 is 2.00 bits per heavy atom. The van der Waals surface area contributed by atoms with Crippen LogP contribution in [0.5, 0.6) is 5.75 Å². The van der Waals surface area contributed by atoms with Crippen LogP contribution in [0.4, 0.5) is 0 Å². The predicted octanol–water partition coefficient (Wildman–Crippen LogP) is 2.71. The third-order valence-corrected chi connectivity index (χ3v) is 2.75. The first-order chi connectivity index (χ1) is 6.70. The maximum Gasteiger partial charge on any atom is 0.123 e. The Morgan fingerprint density at radius 3 is 2.57 bits per heavy atom. The summed E-state index contributed by atoms with van der Waals surface area (Å²) in [5.74, 6) is 0.973. The topological polar surface area (TPSA) is 12.5 Å². The summed E-state index contributed by atoms with van der Waals surface area (Å²) in [7, 11) is 3.84. The number of para-hydroxylation sites is 1. The molecule has 0 aromatic heterocycles. The van der Waals surface area contributed by atoms with Gasteiger partial charge in [0.15, 0.2) is 0 Å². The summed E-state index contributed by atoms with van der Waals surface area (Å²) in [6.45, 7) is 5.40. The Balaban J connectivity index is 2.93. The highest BCUT2D eigenvalue weighted by atomic mass is 16.5. The SMILES string of the molecule is CCN(C)[C@H](C)c1ccccc1OC. The Hall–Kier alpha value is -1.02. The molecule has 14 heavy (non-hydrogen) atoms. The molecule has 0 spiro atoms. The van der Waals surface area contributed by atoms with Crippen molar-refractivity contribution in [3.63, 3.8) is 0 Å². The minimum absolute atomic E-state index is 0.399. The number of hydrogen-bond donors (Lipinski definition) is 0. The molecule has 1 aromatic carbocycles. The van der Waals surface area contributed by atoms with Gasteiger partial charge in [-0.05, 0) is 26.6 Å². The molecule has 0 saturated carbocycles. The van der Waals surface area contributed by atoms with Crippen LogP contribution in [-0.4, -0.2) is 25.6 Å². The van der Waals surface area contributed by atoms with Crippen molar-refractivity contribution < 1.29 is 4.74 Å². The minimum atomic E-state index is 0.399. The fourth-order valence-electron chi connectivity index (χ4n) is 1.52. The molecule has 2 nitrogen and oxygen atoms in total. The molecule has 0 saturated heterocycles. The van der Waals surface area contributed by atoms with Crippen LogP contribution in [0.15, 0.2) is 24.3 Å². The van der Waals surface area contributed by atoms with Crippen LogP contribution in [-0.2, 0) is 0 Å². The number of rotatable bonds is 4. The normalized spacial score (nSPS) is 12.9. The van der Waals surface area contributed by atoms with Gasteiger partial charge in [0.1, 0.15) is 5.75 Å². The predicted molar refractivity (Wildman–Crippen MR) is 59.7 cm³/mol. The standard InChI is InChI=1S/C12H19NO/c1-5-13(3)10(2)11-8-6-7-9-12(11)14-4/h6-10H,5H2,1-4H3/t10-/m1/s1. The van der Waals surface area contributed by atoms with Crippen molar-refractivity contribution in [2.45, 2.75) is 19.9 Å². The Bertz CT molecular complexity index is 285. The number of hydrogen-bond acceptors (Lipinski definition) is 2. The van der Waals surface area contributed by atoms with E-state index in [2.05, 4.69) is 37.9 Å². The van der Waals surface area contributed by atoms with Gasteiger partial charge in [-0.1, -0.05) is 25.1 Å².